The lowest BCUT2D eigenvalue weighted by Gasteiger charge is -2.34. The van der Waals surface area contributed by atoms with Gasteiger partial charge >= 0.3 is 0 Å². The van der Waals surface area contributed by atoms with Gasteiger partial charge in [-0.2, -0.15) is 10.5 Å². The molecule has 0 radical (unpaired) electrons. The molecule has 7 heteroatoms. The van der Waals surface area contributed by atoms with Gasteiger partial charge in [0.2, 0.25) is 11.8 Å². The lowest BCUT2D eigenvalue weighted by atomic mass is 9.72. The van der Waals surface area contributed by atoms with Gasteiger partial charge in [0.25, 0.3) is 0 Å². The molecular weight excluding hydrogens is 372 g/mol. The number of nitrogens with zero attached hydrogens (tertiary/aromatic N) is 3. The minimum absolute atomic E-state index is 0.0121. The molecule has 6 nitrogen and oxygen atoms in total. The molecule has 0 fully saturated rings. The van der Waals surface area contributed by atoms with Crippen LogP contribution in [0.5, 0.6) is 0 Å². The van der Waals surface area contributed by atoms with Crippen molar-refractivity contribution < 1.29 is 9.59 Å². The third kappa shape index (κ3) is 4.55. The van der Waals surface area contributed by atoms with E-state index in [4.69, 9.17) is 0 Å². The number of hydrogen-bond donors (Lipinski definition) is 1. The summed E-state index contributed by atoms with van der Waals surface area (Å²) in [5.41, 5.74) is 0.463. The summed E-state index contributed by atoms with van der Waals surface area (Å²) in [4.78, 5) is 26.8. The molecule has 1 N–H and O–H groups in total. The highest BCUT2D eigenvalue weighted by molar-refractivity contribution is 8.03. The summed E-state index contributed by atoms with van der Waals surface area (Å²) in [7, 11) is 0. The van der Waals surface area contributed by atoms with E-state index in [2.05, 4.69) is 11.4 Å². The standard InChI is InChI=1S/C21H24N4O2S/c1-14(2)25(12-15-8-6-5-7-9-15)18(26)13-28-20-17(11-23)21(3,4)16(10-22)19(27)24-20/h5-9,14,16H,12-13H2,1-4H3,(H,24,27). The molecule has 1 atom stereocenters. The van der Waals surface area contributed by atoms with Gasteiger partial charge < -0.3 is 10.2 Å². The Balaban J connectivity index is 2.17. The van der Waals surface area contributed by atoms with Gasteiger partial charge in [-0.15, -0.1) is 0 Å². The largest absolute Gasteiger partial charge is 0.335 e. The molecule has 0 spiro atoms. The number of rotatable bonds is 6. The van der Waals surface area contributed by atoms with Crippen LogP contribution in [0, 0.1) is 34.0 Å². The minimum atomic E-state index is -0.938. The van der Waals surface area contributed by atoms with E-state index in [1.165, 1.54) is 0 Å². The van der Waals surface area contributed by atoms with Crippen LogP contribution in [0.4, 0.5) is 0 Å². The molecule has 1 aromatic rings. The average Bonchev–Trinajstić information content (AvgIpc) is 2.64. The van der Waals surface area contributed by atoms with E-state index in [1.807, 2.05) is 50.2 Å². The third-order valence-electron chi connectivity index (χ3n) is 4.81. The number of hydrogen-bond acceptors (Lipinski definition) is 5. The van der Waals surface area contributed by atoms with Crippen LogP contribution in [0.1, 0.15) is 33.3 Å². The van der Waals surface area contributed by atoms with Crippen LogP contribution in [0.15, 0.2) is 40.9 Å². The molecule has 1 aliphatic rings. The van der Waals surface area contributed by atoms with Gasteiger partial charge in [0.1, 0.15) is 5.92 Å². The van der Waals surface area contributed by atoms with E-state index in [0.717, 1.165) is 17.3 Å². The van der Waals surface area contributed by atoms with E-state index in [9.17, 15) is 20.1 Å². The number of amides is 2. The first-order valence-corrected chi connectivity index (χ1v) is 10.0. The summed E-state index contributed by atoms with van der Waals surface area (Å²) in [5.74, 6) is -1.36. The number of benzene rings is 1. The van der Waals surface area contributed by atoms with Crippen molar-refractivity contribution in [2.24, 2.45) is 11.3 Å². The van der Waals surface area contributed by atoms with Crippen LogP contribution >= 0.6 is 11.8 Å². The van der Waals surface area contributed by atoms with Crippen molar-refractivity contribution in [1.29, 1.82) is 10.5 Å². The van der Waals surface area contributed by atoms with Gasteiger partial charge in [-0.3, -0.25) is 9.59 Å². The van der Waals surface area contributed by atoms with Crippen LogP contribution in [-0.4, -0.2) is 28.5 Å². The number of thioether (sulfide) groups is 1. The van der Waals surface area contributed by atoms with Gasteiger partial charge in [0, 0.05) is 18.0 Å². The number of allylic oxidation sites excluding steroid dienone is 1. The second kappa shape index (κ2) is 8.95. The van der Waals surface area contributed by atoms with E-state index < -0.39 is 17.2 Å². The zero-order valence-electron chi connectivity index (χ0n) is 16.5. The molecule has 1 unspecified atom stereocenters. The fourth-order valence-corrected chi connectivity index (χ4v) is 4.15. The van der Waals surface area contributed by atoms with E-state index in [0.29, 0.717) is 17.1 Å². The second-order valence-electron chi connectivity index (χ2n) is 7.48. The Kier molecular flexibility index (Phi) is 6.88. The number of nitrogens with one attached hydrogen (secondary N) is 1. The summed E-state index contributed by atoms with van der Waals surface area (Å²) >= 11 is 1.14. The smallest absolute Gasteiger partial charge is 0.243 e. The van der Waals surface area contributed by atoms with E-state index in [-0.39, 0.29) is 17.7 Å². The van der Waals surface area contributed by atoms with Crippen molar-refractivity contribution in [2.75, 3.05) is 5.75 Å². The molecule has 146 valence electrons. The minimum Gasteiger partial charge on any atom is -0.335 e. The number of carbonyl (C=O) groups excluding carboxylic acids is 2. The molecule has 1 heterocycles. The van der Waals surface area contributed by atoms with Crippen LogP contribution in [0.3, 0.4) is 0 Å². The molecule has 2 amide bonds. The predicted molar refractivity (Wildman–Crippen MR) is 108 cm³/mol. The fourth-order valence-electron chi connectivity index (χ4n) is 3.09. The highest BCUT2D eigenvalue weighted by Gasteiger charge is 2.44. The van der Waals surface area contributed by atoms with Crippen molar-refractivity contribution in [3.8, 4) is 12.1 Å². The molecule has 0 aromatic heterocycles. The van der Waals surface area contributed by atoms with Gasteiger partial charge in [-0.05, 0) is 19.4 Å². The normalized spacial score (nSPS) is 18.2. The number of carbonyl (C=O) groups is 2. The molecule has 1 aromatic carbocycles. The van der Waals surface area contributed by atoms with E-state index in [1.54, 1.807) is 18.7 Å². The fraction of sp³-hybridized carbons (Fsp3) is 0.429. The number of nitriles is 2. The topological polar surface area (TPSA) is 97.0 Å². The summed E-state index contributed by atoms with van der Waals surface area (Å²) in [6.45, 7) is 7.81. The van der Waals surface area contributed by atoms with Crippen molar-refractivity contribution in [1.82, 2.24) is 10.2 Å². The maximum absolute atomic E-state index is 12.8. The summed E-state index contributed by atoms with van der Waals surface area (Å²) in [6.07, 6.45) is 0. The average molecular weight is 397 g/mol. The second-order valence-corrected chi connectivity index (χ2v) is 8.46. The first kappa shape index (κ1) is 21.5. The van der Waals surface area contributed by atoms with Crippen LogP contribution < -0.4 is 5.32 Å². The molecular formula is C21H24N4O2S. The van der Waals surface area contributed by atoms with Crippen molar-refractivity contribution in [3.63, 3.8) is 0 Å². The summed E-state index contributed by atoms with van der Waals surface area (Å²) in [6, 6.07) is 13.8. The lowest BCUT2D eigenvalue weighted by Crippen LogP contribution is -2.45. The lowest BCUT2D eigenvalue weighted by molar-refractivity contribution is -0.130. The molecule has 1 aliphatic heterocycles. The SMILES string of the molecule is CC(C)N(Cc1ccccc1)C(=O)CSC1=C(C#N)C(C)(C)C(C#N)C(=O)N1. The maximum Gasteiger partial charge on any atom is 0.243 e. The van der Waals surface area contributed by atoms with Crippen LogP contribution in [0.2, 0.25) is 0 Å². The Labute approximate surface area is 170 Å². The molecule has 0 aliphatic carbocycles. The van der Waals surface area contributed by atoms with Crippen LogP contribution in [0.25, 0.3) is 0 Å². The predicted octanol–water partition coefficient (Wildman–Crippen LogP) is 3.19. The van der Waals surface area contributed by atoms with Crippen molar-refractivity contribution >= 4 is 23.6 Å². The quantitative estimate of drug-likeness (QED) is 0.796. The highest BCUT2D eigenvalue weighted by Crippen LogP contribution is 2.41. The zero-order chi connectivity index (χ0) is 20.9. The third-order valence-corrected chi connectivity index (χ3v) is 5.80. The Morgan fingerprint density at radius 2 is 1.93 bits per heavy atom. The molecule has 0 saturated carbocycles. The van der Waals surface area contributed by atoms with Gasteiger partial charge in [0.05, 0.1) is 28.5 Å². The van der Waals surface area contributed by atoms with Gasteiger partial charge in [0.15, 0.2) is 0 Å². The first-order chi connectivity index (χ1) is 13.2. The maximum atomic E-state index is 12.8. The van der Waals surface area contributed by atoms with Crippen LogP contribution in [-0.2, 0) is 16.1 Å². The van der Waals surface area contributed by atoms with Crippen molar-refractivity contribution in [3.05, 3.63) is 46.5 Å². The van der Waals surface area contributed by atoms with Gasteiger partial charge in [-0.25, -0.2) is 0 Å². The molecule has 28 heavy (non-hydrogen) atoms. The first-order valence-electron chi connectivity index (χ1n) is 9.03. The Morgan fingerprint density at radius 3 is 2.46 bits per heavy atom. The zero-order valence-corrected chi connectivity index (χ0v) is 17.3. The molecule has 2 rings (SSSR count). The van der Waals surface area contributed by atoms with E-state index >= 15 is 0 Å². The monoisotopic (exact) mass is 396 g/mol. The Morgan fingerprint density at radius 1 is 1.29 bits per heavy atom. The van der Waals surface area contributed by atoms with Crippen molar-refractivity contribution in [2.45, 2.75) is 40.3 Å². The highest BCUT2D eigenvalue weighted by atomic mass is 32.2. The Bertz CT molecular complexity index is 863. The summed E-state index contributed by atoms with van der Waals surface area (Å²) in [5, 5.41) is 21.9. The Hall–Kier alpha value is -2.77. The van der Waals surface area contributed by atoms with Gasteiger partial charge in [-0.1, -0.05) is 55.9 Å². The summed E-state index contributed by atoms with van der Waals surface area (Å²) < 4.78 is 0. The molecule has 0 bridgehead atoms. The molecule has 0 saturated heterocycles.